The van der Waals surface area contributed by atoms with Crippen molar-refractivity contribution in [3.63, 3.8) is 0 Å². The fourth-order valence-corrected chi connectivity index (χ4v) is 2.39. The van der Waals surface area contributed by atoms with Gasteiger partial charge in [-0.2, -0.15) is 0 Å². The Bertz CT molecular complexity index is 379. The molecule has 0 N–H and O–H groups in total. The molecule has 0 fully saturated rings. The number of rotatable bonds is 7. The fourth-order valence-electron chi connectivity index (χ4n) is 1.94. The van der Waals surface area contributed by atoms with E-state index in [1.807, 2.05) is 36.1 Å². The van der Waals surface area contributed by atoms with Gasteiger partial charge in [-0.15, -0.1) is 0 Å². The number of hydrogen-bond donors (Lipinski definition) is 0. The van der Waals surface area contributed by atoms with Gasteiger partial charge in [-0.3, -0.25) is 4.79 Å². The standard InChI is InChI=1S/C15H22BrNO/c1-3-5-6-9-12-17(4-2)15(18)13-10-7-8-11-14(13)16/h7-8,10-11H,3-6,9,12H2,1-2H3. The van der Waals surface area contributed by atoms with E-state index in [1.54, 1.807) is 0 Å². The number of amides is 1. The maximum absolute atomic E-state index is 12.4. The van der Waals surface area contributed by atoms with E-state index >= 15 is 0 Å². The summed E-state index contributed by atoms with van der Waals surface area (Å²) in [6.45, 7) is 5.86. The molecular formula is C15H22BrNO. The first-order chi connectivity index (χ1) is 8.70. The van der Waals surface area contributed by atoms with Crippen molar-refractivity contribution in [3.8, 4) is 0 Å². The van der Waals surface area contributed by atoms with Crippen molar-refractivity contribution in [1.82, 2.24) is 4.90 Å². The van der Waals surface area contributed by atoms with Crippen LogP contribution in [-0.4, -0.2) is 23.9 Å². The van der Waals surface area contributed by atoms with E-state index in [1.165, 1.54) is 19.3 Å². The molecule has 0 bridgehead atoms. The van der Waals surface area contributed by atoms with Gasteiger partial charge in [-0.1, -0.05) is 38.3 Å². The highest BCUT2D eigenvalue weighted by molar-refractivity contribution is 9.10. The minimum Gasteiger partial charge on any atom is -0.339 e. The van der Waals surface area contributed by atoms with Gasteiger partial charge in [0.05, 0.1) is 5.56 Å². The van der Waals surface area contributed by atoms with Crippen molar-refractivity contribution in [2.75, 3.05) is 13.1 Å². The molecule has 0 aliphatic rings. The summed E-state index contributed by atoms with van der Waals surface area (Å²) < 4.78 is 0.877. The highest BCUT2D eigenvalue weighted by Gasteiger charge is 2.15. The molecule has 0 spiro atoms. The molecule has 1 aromatic carbocycles. The SMILES string of the molecule is CCCCCCN(CC)C(=O)c1ccccc1Br. The lowest BCUT2D eigenvalue weighted by atomic mass is 10.1. The molecule has 100 valence electrons. The zero-order chi connectivity index (χ0) is 13.4. The lowest BCUT2D eigenvalue weighted by Gasteiger charge is -2.21. The highest BCUT2D eigenvalue weighted by Crippen LogP contribution is 2.18. The number of nitrogens with zero attached hydrogens (tertiary/aromatic N) is 1. The van der Waals surface area contributed by atoms with Gasteiger partial charge in [0.2, 0.25) is 0 Å². The van der Waals surface area contributed by atoms with Gasteiger partial charge in [0, 0.05) is 17.6 Å². The molecule has 0 radical (unpaired) electrons. The van der Waals surface area contributed by atoms with Crippen molar-refractivity contribution in [2.45, 2.75) is 39.5 Å². The van der Waals surface area contributed by atoms with Crippen molar-refractivity contribution in [3.05, 3.63) is 34.3 Å². The Labute approximate surface area is 119 Å². The van der Waals surface area contributed by atoms with Crippen LogP contribution in [0.2, 0.25) is 0 Å². The van der Waals surface area contributed by atoms with Crippen molar-refractivity contribution >= 4 is 21.8 Å². The summed E-state index contributed by atoms with van der Waals surface area (Å²) in [4.78, 5) is 14.3. The van der Waals surface area contributed by atoms with Crippen LogP contribution in [0.3, 0.4) is 0 Å². The van der Waals surface area contributed by atoms with Crippen LogP contribution in [0.1, 0.15) is 49.9 Å². The molecule has 0 saturated carbocycles. The normalized spacial score (nSPS) is 10.4. The van der Waals surface area contributed by atoms with Crippen molar-refractivity contribution in [1.29, 1.82) is 0 Å². The first-order valence-corrected chi connectivity index (χ1v) is 7.53. The van der Waals surface area contributed by atoms with E-state index < -0.39 is 0 Å². The largest absolute Gasteiger partial charge is 0.339 e. The predicted octanol–water partition coefficient (Wildman–Crippen LogP) is 4.49. The lowest BCUT2D eigenvalue weighted by molar-refractivity contribution is 0.0760. The van der Waals surface area contributed by atoms with Crippen LogP contribution in [0.15, 0.2) is 28.7 Å². The average Bonchev–Trinajstić information content (AvgIpc) is 2.39. The average molecular weight is 312 g/mol. The van der Waals surface area contributed by atoms with E-state index in [0.29, 0.717) is 0 Å². The van der Waals surface area contributed by atoms with Gasteiger partial charge in [-0.25, -0.2) is 0 Å². The topological polar surface area (TPSA) is 20.3 Å². The Morgan fingerprint density at radius 2 is 1.89 bits per heavy atom. The smallest absolute Gasteiger partial charge is 0.254 e. The minimum absolute atomic E-state index is 0.126. The molecular weight excluding hydrogens is 290 g/mol. The molecule has 1 aromatic rings. The van der Waals surface area contributed by atoms with Gasteiger partial charge < -0.3 is 4.90 Å². The van der Waals surface area contributed by atoms with Gasteiger partial charge in [0.15, 0.2) is 0 Å². The molecule has 2 nitrogen and oxygen atoms in total. The molecule has 0 unspecified atom stereocenters. The second kappa shape index (κ2) is 8.30. The number of unbranched alkanes of at least 4 members (excludes halogenated alkanes) is 3. The van der Waals surface area contributed by atoms with Crippen LogP contribution in [0.5, 0.6) is 0 Å². The van der Waals surface area contributed by atoms with Crippen LogP contribution in [-0.2, 0) is 0 Å². The van der Waals surface area contributed by atoms with Gasteiger partial charge in [0.25, 0.3) is 5.91 Å². The summed E-state index contributed by atoms with van der Waals surface area (Å²) in [5.41, 5.74) is 0.759. The van der Waals surface area contributed by atoms with E-state index in [-0.39, 0.29) is 5.91 Å². The first-order valence-electron chi connectivity index (χ1n) is 6.74. The number of hydrogen-bond acceptors (Lipinski definition) is 1. The number of carbonyl (C=O) groups is 1. The van der Waals surface area contributed by atoms with Gasteiger partial charge >= 0.3 is 0 Å². The summed E-state index contributed by atoms with van der Waals surface area (Å²) in [5, 5.41) is 0. The molecule has 18 heavy (non-hydrogen) atoms. The summed E-state index contributed by atoms with van der Waals surface area (Å²) in [7, 11) is 0. The van der Waals surface area contributed by atoms with Gasteiger partial charge in [0.1, 0.15) is 0 Å². The monoisotopic (exact) mass is 311 g/mol. The molecule has 0 aromatic heterocycles. The number of halogens is 1. The van der Waals surface area contributed by atoms with Crippen LogP contribution >= 0.6 is 15.9 Å². The number of carbonyl (C=O) groups excluding carboxylic acids is 1. The first kappa shape index (κ1) is 15.2. The zero-order valence-corrected chi connectivity index (χ0v) is 12.9. The maximum atomic E-state index is 12.4. The van der Waals surface area contributed by atoms with Gasteiger partial charge in [-0.05, 0) is 41.4 Å². The third-order valence-corrected chi connectivity index (χ3v) is 3.75. The lowest BCUT2D eigenvalue weighted by Crippen LogP contribution is -2.32. The van der Waals surface area contributed by atoms with Crippen molar-refractivity contribution < 1.29 is 4.79 Å². The molecule has 3 heteroatoms. The second-order valence-electron chi connectivity index (χ2n) is 4.43. The molecule has 0 saturated heterocycles. The van der Waals surface area contributed by atoms with E-state index in [0.717, 1.165) is 29.5 Å². The Morgan fingerprint density at radius 1 is 1.17 bits per heavy atom. The minimum atomic E-state index is 0.126. The highest BCUT2D eigenvalue weighted by atomic mass is 79.9. The summed E-state index contributed by atoms with van der Waals surface area (Å²) >= 11 is 3.44. The van der Waals surface area contributed by atoms with Crippen LogP contribution in [0, 0.1) is 0 Å². The second-order valence-corrected chi connectivity index (χ2v) is 5.28. The molecule has 0 aliphatic heterocycles. The molecule has 0 aliphatic carbocycles. The summed E-state index contributed by atoms with van der Waals surface area (Å²) in [6, 6.07) is 7.63. The Kier molecular flexibility index (Phi) is 7.02. The Balaban J connectivity index is 2.59. The van der Waals surface area contributed by atoms with Crippen LogP contribution < -0.4 is 0 Å². The van der Waals surface area contributed by atoms with Crippen LogP contribution in [0.4, 0.5) is 0 Å². The fraction of sp³-hybridized carbons (Fsp3) is 0.533. The Hall–Kier alpha value is -0.830. The molecule has 0 heterocycles. The predicted molar refractivity (Wildman–Crippen MR) is 79.9 cm³/mol. The quantitative estimate of drug-likeness (QED) is 0.679. The van der Waals surface area contributed by atoms with E-state index in [2.05, 4.69) is 22.9 Å². The maximum Gasteiger partial charge on any atom is 0.254 e. The zero-order valence-electron chi connectivity index (χ0n) is 11.3. The van der Waals surface area contributed by atoms with Crippen LogP contribution in [0.25, 0.3) is 0 Å². The number of benzene rings is 1. The molecule has 1 rings (SSSR count). The third kappa shape index (κ3) is 4.45. The summed E-state index contributed by atoms with van der Waals surface area (Å²) in [5.74, 6) is 0.126. The van der Waals surface area contributed by atoms with Crippen molar-refractivity contribution in [2.24, 2.45) is 0 Å². The third-order valence-electron chi connectivity index (χ3n) is 3.05. The Morgan fingerprint density at radius 3 is 2.50 bits per heavy atom. The van der Waals surface area contributed by atoms with E-state index in [9.17, 15) is 4.79 Å². The molecule has 1 amide bonds. The molecule has 0 atom stereocenters. The summed E-state index contributed by atoms with van der Waals surface area (Å²) in [6.07, 6.45) is 4.78. The van der Waals surface area contributed by atoms with E-state index in [4.69, 9.17) is 0 Å².